The molecule has 2 rings (SSSR count). The van der Waals surface area contributed by atoms with E-state index in [-0.39, 0.29) is 0 Å². The van der Waals surface area contributed by atoms with Gasteiger partial charge in [-0.15, -0.1) is 0 Å². The maximum Gasteiger partial charge on any atom is 0.119 e. The average molecular weight is 300 g/mol. The van der Waals surface area contributed by atoms with Crippen LogP contribution in [0.3, 0.4) is 0 Å². The Labute approximate surface area is 125 Å². The van der Waals surface area contributed by atoms with Crippen LogP contribution >= 0.6 is 11.6 Å². The van der Waals surface area contributed by atoms with Gasteiger partial charge in [-0.3, -0.25) is 4.90 Å². The zero-order valence-corrected chi connectivity index (χ0v) is 12.6. The number of aryl methyl sites for hydroxylation is 1. The first-order valence-electron chi connectivity index (χ1n) is 7.08. The van der Waals surface area contributed by atoms with Crippen LogP contribution in [0.15, 0.2) is 18.2 Å². The Hall–Kier alpha value is -0.810. The molecule has 20 heavy (non-hydrogen) atoms. The van der Waals surface area contributed by atoms with E-state index >= 15 is 0 Å². The van der Waals surface area contributed by atoms with E-state index in [9.17, 15) is 5.11 Å². The molecule has 1 aromatic rings. The van der Waals surface area contributed by atoms with Crippen LogP contribution in [0, 0.1) is 0 Å². The Morgan fingerprint density at radius 3 is 2.85 bits per heavy atom. The number of benzene rings is 1. The van der Waals surface area contributed by atoms with Gasteiger partial charge in [0.15, 0.2) is 0 Å². The van der Waals surface area contributed by atoms with Crippen LogP contribution in [0.2, 0.25) is 5.02 Å². The lowest BCUT2D eigenvalue weighted by Crippen LogP contribution is -2.42. The van der Waals surface area contributed by atoms with Gasteiger partial charge in [-0.1, -0.05) is 18.5 Å². The van der Waals surface area contributed by atoms with Crippen LogP contribution in [-0.4, -0.2) is 55.6 Å². The fraction of sp³-hybridized carbons (Fsp3) is 0.600. The predicted octanol–water partition coefficient (Wildman–Crippen LogP) is 1.97. The third kappa shape index (κ3) is 4.63. The predicted molar refractivity (Wildman–Crippen MR) is 79.6 cm³/mol. The fourth-order valence-electron chi connectivity index (χ4n) is 2.24. The Morgan fingerprint density at radius 2 is 2.15 bits per heavy atom. The monoisotopic (exact) mass is 299 g/mol. The van der Waals surface area contributed by atoms with Crippen LogP contribution in [0.5, 0.6) is 5.75 Å². The Morgan fingerprint density at radius 1 is 1.40 bits per heavy atom. The quantitative estimate of drug-likeness (QED) is 0.872. The Balaban J connectivity index is 1.78. The van der Waals surface area contributed by atoms with Gasteiger partial charge in [-0.2, -0.15) is 0 Å². The summed E-state index contributed by atoms with van der Waals surface area (Å²) in [4.78, 5) is 2.19. The molecular weight excluding hydrogens is 278 g/mol. The van der Waals surface area contributed by atoms with Gasteiger partial charge < -0.3 is 14.6 Å². The topological polar surface area (TPSA) is 41.9 Å². The first kappa shape index (κ1) is 15.6. The number of rotatable bonds is 6. The summed E-state index contributed by atoms with van der Waals surface area (Å²) in [6.07, 6.45) is 0.376. The van der Waals surface area contributed by atoms with E-state index < -0.39 is 6.10 Å². The van der Waals surface area contributed by atoms with Crippen molar-refractivity contribution in [2.24, 2.45) is 0 Å². The molecule has 1 saturated heterocycles. The summed E-state index contributed by atoms with van der Waals surface area (Å²) in [5.74, 6) is 0.757. The zero-order chi connectivity index (χ0) is 14.4. The number of halogens is 1. The van der Waals surface area contributed by atoms with Crippen molar-refractivity contribution in [1.29, 1.82) is 0 Å². The van der Waals surface area contributed by atoms with E-state index in [1.807, 2.05) is 18.2 Å². The second-order valence-corrected chi connectivity index (χ2v) is 5.39. The van der Waals surface area contributed by atoms with Crippen molar-refractivity contribution in [3.63, 3.8) is 0 Å². The molecule has 5 heteroatoms. The number of aliphatic hydroxyl groups excluding tert-OH is 1. The number of hydrogen-bond donors (Lipinski definition) is 1. The van der Waals surface area contributed by atoms with Gasteiger partial charge in [0, 0.05) is 24.7 Å². The van der Waals surface area contributed by atoms with E-state index in [2.05, 4.69) is 11.8 Å². The smallest absolute Gasteiger partial charge is 0.119 e. The molecule has 0 aromatic heterocycles. The van der Waals surface area contributed by atoms with Crippen molar-refractivity contribution < 1.29 is 14.6 Å². The molecule has 0 amide bonds. The van der Waals surface area contributed by atoms with Gasteiger partial charge >= 0.3 is 0 Å². The van der Waals surface area contributed by atoms with Crippen LogP contribution in [0.25, 0.3) is 0 Å². The van der Waals surface area contributed by atoms with Crippen molar-refractivity contribution in [2.75, 3.05) is 39.5 Å². The summed E-state index contributed by atoms with van der Waals surface area (Å²) >= 11 is 6.06. The lowest BCUT2D eigenvalue weighted by molar-refractivity contribution is 0.00465. The molecule has 1 heterocycles. The molecule has 1 aliphatic rings. The molecule has 0 saturated carbocycles. The summed E-state index contributed by atoms with van der Waals surface area (Å²) < 4.78 is 10.9. The highest BCUT2D eigenvalue weighted by molar-refractivity contribution is 6.31. The Bertz CT molecular complexity index is 422. The van der Waals surface area contributed by atoms with E-state index in [1.165, 1.54) is 0 Å². The highest BCUT2D eigenvalue weighted by atomic mass is 35.5. The minimum Gasteiger partial charge on any atom is -0.491 e. The first-order valence-corrected chi connectivity index (χ1v) is 7.46. The summed E-state index contributed by atoms with van der Waals surface area (Å²) in [7, 11) is 0. The second-order valence-electron chi connectivity index (χ2n) is 4.98. The standard InChI is InChI=1S/C15H22ClNO3/c1-2-12-9-14(3-4-15(12)16)20-11-13(18)10-17-5-7-19-8-6-17/h3-4,9,13,18H,2,5-8,10-11H2,1H3. The normalized spacial score (nSPS) is 17.9. The number of β-amino-alcohol motifs (C(OH)–C–C–N with tert-alkyl or cyclic N) is 1. The number of aliphatic hydroxyl groups is 1. The van der Waals surface area contributed by atoms with Gasteiger partial charge in [0.2, 0.25) is 0 Å². The van der Waals surface area contributed by atoms with E-state index in [1.54, 1.807) is 0 Å². The third-order valence-corrected chi connectivity index (χ3v) is 3.78. The highest BCUT2D eigenvalue weighted by Crippen LogP contribution is 2.22. The number of morpholine rings is 1. The van der Waals surface area contributed by atoms with Crippen molar-refractivity contribution in [3.8, 4) is 5.75 Å². The van der Waals surface area contributed by atoms with Crippen molar-refractivity contribution in [2.45, 2.75) is 19.4 Å². The number of nitrogens with zero attached hydrogens (tertiary/aromatic N) is 1. The minimum absolute atomic E-state index is 0.294. The van der Waals surface area contributed by atoms with E-state index in [0.29, 0.717) is 13.2 Å². The molecule has 0 spiro atoms. The van der Waals surface area contributed by atoms with E-state index in [4.69, 9.17) is 21.1 Å². The first-order chi connectivity index (χ1) is 9.69. The maximum atomic E-state index is 10.0. The largest absolute Gasteiger partial charge is 0.491 e. The van der Waals surface area contributed by atoms with Gasteiger partial charge in [-0.25, -0.2) is 0 Å². The molecule has 1 aliphatic heterocycles. The third-order valence-electron chi connectivity index (χ3n) is 3.41. The lowest BCUT2D eigenvalue weighted by atomic mass is 10.1. The van der Waals surface area contributed by atoms with Gasteiger partial charge in [-0.05, 0) is 30.2 Å². The van der Waals surface area contributed by atoms with Crippen LogP contribution in [-0.2, 0) is 11.2 Å². The molecule has 1 unspecified atom stereocenters. The van der Waals surface area contributed by atoms with Crippen LogP contribution < -0.4 is 4.74 Å². The zero-order valence-electron chi connectivity index (χ0n) is 11.8. The SMILES string of the molecule is CCc1cc(OCC(O)CN2CCOCC2)ccc1Cl. The summed E-state index contributed by atoms with van der Waals surface area (Å²) in [6, 6.07) is 5.61. The van der Waals surface area contributed by atoms with Crippen LogP contribution in [0.4, 0.5) is 0 Å². The molecule has 4 nitrogen and oxygen atoms in total. The summed E-state index contributed by atoms with van der Waals surface area (Å²) in [5, 5.41) is 10.8. The lowest BCUT2D eigenvalue weighted by Gasteiger charge is -2.28. The molecule has 0 radical (unpaired) electrons. The molecule has 1 atom stereocenters. The molecule has 1 N–H and O–H groups in total. The Kier molecular flexibility index (Phi) is 6.10. The molecule has 1 fully saturated rings. The highest BCUT2D eigenvalue weighted by Gasteiger charge is 2.15. The molecule has 112 valence electrons. The maximum absolute atomic E-state index is 10.0. The average Bonchev–Trinajstić information content (AvgIpc) is 2.47. The van der Waals surface area contributed by atoms with Gasteiger partial charge in [0.25, 0.3) is 0 Å². The fourth-order valence-corrected chi connectivity index (χ4v) is 2.49. The van der Waals surface area contributed by atoms with Gasteiger partial charge in [0.1, 0.15) is 18.5 Å². The van der Waals surface area contributed by atoms with E-state index in [0.717, 1.165) is 49.1 Å². The summed E-state index contributed by atoms with van der Waals surface area (Å²) in [5.41, 5.74) is 1.06. The van der Waals surface area contributed by atoms with Crippen molar-refractivity contribution >= 4 is 11.6 Å². The summed E-state index contributed by atoms with van der Waals surface area (Å²) in [6.45, 7) is 6.20. The molecule has 0 bridgehead atoms. The number of hydrogen-bond acceptors (Lipinski definition) is 4. The molecule has 0 aliphatic carbocycles. The van der Waals surface area contributed by atoms with Crippen LogP contribution in [0.1, 0.15) is 12.5 Å². The minimum atomic E-state index is -0.492. The molecular formula is C15H22ClNO3. The molecule has 1 aromatic carbocycles. The number of ether oxygens (including phenoxy) is 2. The van der Waals surface area contributed by atoms with Crippen molar-refractivity contribution in [3.05, 3.63) is 28.8 Å². The second kappa shape index (κ2) is 7.84. The van der Waals surface area contributed by atoms with Gasteiger partial charge in [0.05, 0.1) is 13.2 Å². The van der Waals surface area contributed by atoms with Crippen molar-refractivity contribution in [1.82, 2.24) is 4.90 Å².